The molecule has 19 heavy (non-hydrogen) atoms. The van der Waals surface area contributed by atoms with Crippen LogP contribution in [-0.4, -0.2) is 30.6 Å². The Labute approximate surface area is 115 Å². The minimum Gasteiger partial charge on any atom is -0.469 e. The van der Waals surface area contributed by atoms with Crippen molar-refractivity contribution >= 4 is 0 Å². The molecule has 3 heteroatoms. The fraction of sp³-hybridized carbons (Fsp3) is 0.750. The minimum absolute atomic E-state index is 0.623. The second kappa shape index (κ2) is 4.64. The lowest BCUT2D eigenvalue weighted by molar-refractivity contribution is 0.137. The van der Waals surface area contributed by atoms with Gasteiger partial charge < -0.3 is 9.73 Å². The van der Waals surface area contributed by atoms with E-state index in [4.69, 9.17) is 4.42 Å². The third kappa shape index (κ3) is 1.78. The molecule has 0 bridgehead atoms. The van der Waals surface area contributed by atoms with Crippen LogP contribution in [-0.2, 0) is 6.42 Å². The van der Waals surface area contributed by atoms with E-state index in [1.807, 2.05) is 6.26 Å². The maximum absolute atomic E-state index is 5.67. The molecule has 1 aromatic rings. The Balaban J connectivity index is 1.63. The lowest BCUT2D eigenvalue weighted by Crippen LogP contribution is -2.39. The molecule has 0 spiro atoms. The van der Waals surface area contributed by atoms with E-state index in [9.17, 15) is 0 Å². The second-order valence-electron chi connectivity index (χ2n) is 6.46. The predicted molar refractivity (Wildman–Crippen MR) is 75.0 cm³/mol. The van der Waals surface area contributed by atoms with Crippen molar-refractivity contribution in [3.8, 4) is 0 Å². The summed E-state index contributed by atoms with van der Waals surface area (Å²) in [6.45, 7) is 6.09. The SMILES string of the molecule is CCC1C2CNCC2CN1C1CCCc2occc21. The van der Waals surface area contributed by atoms with E-state index < -0.39 is 0 Å². The topological polar surface area (TPSA) is 28.4 Å². The third-order valence-corrected chi connectivity index (χ3v) is 5.60. The van der Waals surface area contributed by atoms with E-state index in [0.29, 0.717) is 6.04 Å². The molecule has 3 nitrogen and oxygen atoms in total. The van der Waals surface area contributed by atoms with Gasteiger partial charge in [-0.05, 0) is 50.3 Å². The number of hydrogen-bond donors (Lipinski definition) is 1. The molecular formula is C16H24N2O. The van der Waals surface area contributed by atoms with Crippen molar-refractivity contribution in [2.75, 3.05) is 19.6 Å². The van der Waals surface area contributed by atoms with Gasteiger partial charge >= 0.3 is 0 Å². The Bertz CT molecular complexity index is 455. The molecule has 2 fully saturated rings. The van der Waals surface area contributed by atoms with Gasteiger partial charge in [-0.15, -0.1) is 0 Å². The molecule has 0 radical (unpaired) electrons. The summed E-state index contributed by atoms with van der Waals surface area (Å²) in [4.78, 5) is 2.81. The van der Waals surface area contributed by atoms with E-state index in [1.54, 1.807) is 0 Å². The van der Waals surface area contributed by atoms with E-state index >= 15 is 0 Å². The molecule has 0 saturated carbocycles. The number of hydrogen-bond acceptors (Lipinski definition) is 3. The van der Waals surface area contributed by atoms with Crippen molar-refractivity contribution in [1.29, 1.82) is 0 Å². The Morgan fingerprint density at radius 2 is 2.37 bits per heavy atom. The molecule has 3 aliphatic rings. The highest BCUT2D eigenvalue weighted by Gasteiger charge is 2.46. The molecule has 4 rings (SSSR count). The van der Waals surface area contributed by atoms with Gasteiger partial charge in [-0.1, -0.05) is 6.92 Å². The molecular weight excluding hydrogens is 236 g/mol. The Kier molecular flexibility index (Phi) is 2.92. The largest absolute Gasteiger partial charge is 0.469 e. The molecule has 2 saturated heterocycles. The normalized spacial score (nSPS) is 38.4. The van der Waals surface area contributed by atoms with Gasteiger partial charge in [0.05, 0.1) is 6.26 Å². The second-order valence-corrected chi connectivity index (χ2v) is 6.46. The highest BCUT2D eigenvalue weighted by atomic mass is 16.3. The highest BCUT2D eigenvalue weighted by Crippen LogP contribution is 2.43. The highest BCUT2D eigenvalue weighted by molar-refractivity contribution is 5.25. The number of likely N-dealkylation sites (tertiary alicyclic amines) is 1. The Morgan fingerprint density at radius 1 is 1.42 bits per heavy atom. The quantitative estimate of drug-likeness (QED) is 0.886. The van der Waals surface area contributed by atoms with Gasteiger partial charge in [-0.2, -0.15) is 0 Å². The maximum atomic E-state index is 5.67. The summed E-state index contributed by atoms with van der Waals surface area (Å²) in [5, 5.41) is 3.58. The average Bonchev–Trinajstić information content (AvgIpc) is 3.12. The predicted octanol–water partition coefficient (Wildman–Crippen LogP) is 2.59. The van der Waals surface area contributed by atoms with Crippen LogP contribution in [0.5, 0.6) is 0 Å². The zero-order chi connectivity index (χ0) is 12.8. The van der Waals surface area contributed by atoms with Crippen molar-refractivity contribution < 1.29 is 4.42 Å². The first-order valence-electron chi connectivity index (χ1n) is 7.91. The van der Waals surface area contributed by atoms with Gasteiger partial charge in [0.25, 0.3) is 0 Å². The minimum atomic E-state index is 0.623. The molecule has 3 heterocycles. The number of nitrogens with zero attached hydrogens (tertiary/aromatic N) is 1. The van der Waals surface area contributed by atoms with Crippen LogP contribution in [0.1, 0.15) is 43.6 Å². The van der Waals surface area contributed by atoms with Crippen molar-refractivity contribution in [3.63, 3.8) is 0 Å². The fourth-order valence-electron chi connectivity index (χ4n) is 4.76. The Hall–Kier alpha value is -0.800. The summed E-state index contributed by atoms with van der Waals surface area (Å²) in [7, 11) is 0. The lowest BCUT2D eigenvalue weighted by Gasteiger charge is -2.36. The smallest absolute Gasteiger partial charge is 0.108 e. The van der Waals surface area contributed by atoms with Crippen LogP contribution in [0.15, 0.2) is 16.7 Å². The number of aryl methyl sites for hydroxylation is 1. The molecule has 1 N–H and O–H groups in total. The van der Waals surface area contributed by atoms with Crippen LogP contribution in [0.3, 0.4) is 0 Å². The number of nitrogens with one attached hydrogen (secondary N) is 1. The van der Waals surface area contributed by atoms with Gasteiger partial charge in [0.2, 0.25) is 0 Å². The van der Waals surface area contributed by atoms with Gasteiger partial charge in [-0.25, -0.2) is 0 Å². The molecule has 1 aliphatic carbocycles. The van der Waals surface area contributed by atoms with Gasteiger partial charge in [0, 0.05) is 30.6 Å². The van der Waals surface area contributed by atoms with Crippen LogP contribution in [0.4, 0.5) is 0 Å². The first kappa shape index (κ1) is 12.0. The third-order valence-electron chi connectivity index (χ3n) is 5.60. The van der Waals surface area contributed by atoms with E-state index in [2.05, 4.69) is 23.2 Å². The van der Waals surface area contributed by atoms with Gasteiger partial charge in [0.15, 0.2) is 0 Å². The molecule has 2 aliphatic heterocycles. The van der Waals surface area contributed by atoms with Crippen LogP contribution in [0.2, 0.25) is 0 Å². The van der Waals surface area contributed by atoms with E-state index in [0.717, 1.165) is 24.3 Å². The summed E-state index contributed by atoms with van der Waals surface area (Å²) < 4.78 is 5.67. The summed E-state index contributed by atoms with van der Waals surface area (Å²) in [5.74, 6) is 3.01. The molecule has 4 unspecified atom stereocenters. The van der Waals surface area contributed by atoms with Crippen LogP contribution in [0, 0.1) is 11.8 Å². The van der Waals surface area contributed by atoms with Crippen molar-refractivity contribution in [2.45, 2.75) is 44.7 Å². The summed E-state index contributed by atoms with van der Waals surface area (Å²) in [6, 6.07) is 3.61. The number of rotatable bonds is 2. The van der Waals surface area contributed by atoms with Crippen molar-refractivity contribution in [1.82, 2.24) is 10.2 Å². The zero-order valence-electron chi connectivity index (χ0n) is 11.8. The number of fused-ring (bicyclic) bond motifs is 2. The molecule has 1 aromatic heterocycles. The van der Waals surface area contributed by atoms with E-state index in [1.165, 1.54) is 50.2 Å². The lowest BCUT2D eigenvalue weighted by atomic mass is 9.90. The zero-order valence-corrected chi connectivity index (χ0v) is 11.8. The first-order chi connectivity index (χ1) is 9.38. The molecule has 104 valence electrons. The summed E-state index contributed by atoms with van der Waals surface area (Å²) >= 11 is 0. The van der Waals surface area contributed by atoms with E-state index in [-0.39, 0.29) is 0 Å². The van der Waals surface area contributed by atoms with Crippen LogP contribution < -0.4 is 5.32 Å². The molecule has 0 amide bonds. The summed E-state index contributed by atoms with van der Waals surface area (Å²) in [6.07, 6.45) is 6.91. The van der Waals surface area contributed by atoms with Gasteiger partial charge in [-0.3, -0.25) is 4.90 Å². The van der Waals surface area contributed by atoms with Crippen molar-refractivity contribution in [3.05, 3.63) is 23.7 Å². The maximum Gasteiger partial charge on any atom is 0.108 e. The standard InChI is InChI=1S/C16H24N2O/c1-2-14-13-9-17-8-11(13)10-18(14)15-4-3-5-16-12(15)6-7-19-16/h6-7,11,13-15,17H,2-5,8-10H2,1H3. The molecule has 4 atom stereocenters. The summed E-state index contributed by atoms with van der Waals surface area (Å²) in [5.41, 5.74) is 1.48. The fourth-order valence-corrected chi connectivity index (χ4v) is 4.76. The number of furan rings is 1. The van der Waals surface area contributed by atoms with Crippen LogP contribution in [0.25, 0.3) is 0 Å². The first-order valence-corrected chi connectivity index (χ1v) is 7.91. The molecule has 0 aromatic carbocycles. The Morgan fingerprint density at radius 3 is 3.26 bits per heavy atom. The van der Waals surface area contributed by atoms with Crippen LogP contribution >= 0.6 is 0 Å². The van der Waals surface area contributed by atoms with Gasteiger partial charge in [0.1, 0.15) is 5.76 Å². The average molecular weight is 260 g/mol. The van der Waals surface area contributed by atoms with Crippen molar-refractivity contribution in [2.24, 2.45) is 11.8 Å². The monoisotopic (exact) mass is 260 g/mol.